The van der Waals surface area contributed by atoms with Crippen molar-refractivity contribution in [2.75, 3.05) is 21.2 Å². The number of carbonyl (C=O) groups excluding carboxylic acids is 1. The fourth-order valence-corrected chi connectivity index (χ4v) is 3.82. The highest BCUT2D eigenvalue weighted by atomic mass is 16.5. The first-order chi connectivity index (χ1) is 14.0. The molecule has 6 heteroatoms. The van der Waals surface area contributed by atoms with Crippen molar-refractivity contribution in [1.82, 2.24) is 10.2 Å². The summed E-state index contributed by atoms with van der Waals surface area (Å²) in [4.78, 5) is 15.0. The summed E-state index contributed by atoms with van der Waals surface area (Å²) in [5.41, 5.74) is 3.61. The highest BCUT2D eigenvalue weighted by Gasteiger charge is 2.24. The van der Waals surface area contributed by atoms with Crippen LogP contribution in [0.25, 0.3) is 11.0 Å². The van der Waals surface area contributed by atoms with Gasteiger partial charge in [0.2, 0.25) is 0 Å². The van der Waals surface area contributed by atoms with Gasteiger partial charge in [-0.15, -0.1) is 0 Å². The number of furan rings is 1. The molecule has 1 unspecified atom stereocenters. The number of ether oxygens (including phenoxy) is 2. The van der Waals surface area contributed by atoms with Gasteiger partial charge in [0.15, 0.2) is 5.76 Å². The van der Waals surface area contributed by atoms with Crippen molar-refractivity contribution in [2.45, 2.75) is 32.5 Å². The molecule has 2 aromatic carbocycles. The van der Waals surface area contributed by atoms with Crippen LogP contribution in [-0.4, -0.2) is 38.1 Å². The molecule has 1 aromatic heterocycles. The topological polar surface area (TPSA) is 63.9 Å². The van der Waals surface area contributed by atoms with E-state index >= 15 is 0 Å². The molecule has 1 aliphatic heterocycles. The molecule has 4 rings (SSSR count). The number of amides is 1. The Hall–Kier alpha value is -2.99. The number of hydrogen-bond acceptors (Lipinski definition) is 5. The molecular formula is C23H26N2O4. The second kappa shape index (κ2) is 7.79. The van der Waals surface area contributed by atoms with Crippen LogP contribution in [0.5, 0.6) is 11.5 Å². The van der Waals surface area contributed by atoms with E-state index < -0.39 is 0 Å². The molecule has 1 aliphatic rings. The third kappa shape index (κ3) is 3.80. The number of para-hydroxylation sites is 1. The van der Waals surface area contributed by atoms with Gasteiger partial charge in [0.05, 0.1) is 7.11 Å². The lowest BCUT2D eigenvalue weighted by Crippen LogP contribution is -2.24. The second-order valence-corrected chi connectivity index (χ2v) is 7.73. The molecular weight excluding hydrogens is 368 g/mol. The number of benzene rings is 2. The van der Waals surface area contributed by atoms with Gasteiger partial charge in [0, 0.05) is 41.6 Å². The number of carbonyl (C=O) groups is 1. The molecule has 6 nitrogen and oxygen atoms in total. The van der Waals surface area contributed by atoms with Crippen molar-refractivity contribution >= 4 is 16.9 Å². The van der Waals surface area contributed by atoms with Crippen LogP contribution in [0.3, 0.4) is 0 Å². The summed E-state index contributed by atoms with van der Waals surface area (Å²) in [5, 5.41) is 3.94. The summed E-state index contributed by atoms with van der Waals surface area (Å²) >= 11 is 0. The fourth-order valence-electron chi connectivity index (χ4n) is 3.82. The maximum atomic E-state index is 13.0. The van der Waals surface area contributed by atoms with Crippen molar-refractivity contribution in [1.29, 1.82) is 0 Å². The van der Waals surface area contributed by atoms with Crippen molar-refractivity contribution < 1.29 is 18.7 Å². The molecule has 0 saturated carbocycles. The lowest BCUT2D eigenvalue weighted by Gasteiger charge is -2.13. The number of rotatable bonds is 6. The van der Waals surface area contributed by atoms with E-state index in [1.165, 1.54) is 0 Å². The van der Waals surface area contributed by atoms with Gasteiger partial charge in [-0.1, -0.05) is 18.2 Å². The third-order valence-corrected chi connectivity index (χ3v) is 5.12. The Kier molecular flexibility index (Phi) is 5.20. The molecule has 29 heavy (non-hydrogen) atoms. The summed E-state index contributed by atoms with van der Waals surface area (Å²) < 4.78 is 17.3. The van der Waals surface area contributed by atoms with Crippen molar-refractivity contribution in [3.05, 3.63) is 58.8 Å². The third-order valence-electron chi connectivity index (χ3n) is 5.12. The first-order valence-corrected chi connectivity index (χ1v) is 9.76. The maximum Gasteiger partial charge on any atom is 0.287 e. The van der Waals surface area contributed by atoms with E-state index in [1.807, 2.05) is 62.3 Å². The van der Waals surface area contributed by atoms with Crippen LogP contribution in [0.4, 0.5) is 0 Å². The molecule has 0 saturated heterocycles. The Bertz CT molecular complexity index is 1050. The summed E-state index contributed by atoms with van der Waals surface area (Å²) in [7, 11) is 5.58. The van der Waals surface area contributed by atoms with E-state index in [0.717, 1.165) is 40.0 Å². The van der Waals surface area contributed by atoms with Gasteiger partial charge in [-0.25, -0.2) is 0 Å². The van der Waals surface area contributed by atoms with Crippen LogP contribution >= 0.6 is 0 Å². The summed E-state index contributed by atoms with van der Waals surface area (Å²) in [6.45, 7) is 2.99. The van der Waals surface area contributed by atoms with E-state index in [-0.39, 0.29) is 12.0 Å². The SMILES string of the molecule is COc1cc2c(cc1CNC(=O)c1oc3ccccc3c1CN(C)C)OC(C)C2. The summed E-state index contributed by atoms with van der Waals surface area (Å²) in [5.74, 6) is 1.72. The minimum atomic E-state index is -0.241. The summed E-state index contributed by atoms with van der Waals surface area (Å²) in [6.07, 6.45) is 1.02. The second-order valence-electron chi connectivity index (χ2n) is 7.73. The summed E-state index contributed by atoms with van der Waals surface area (Å²) in [6, 6.07) is 11.7. The van der Waals surface area contributed by atoms with Crippen LogP contribution in [0.1, 0.15) is 34.2 Å². The normalized spacial score (nSPS) is 15.4. The molecule has 1 atom stereocenters. The van der Waals surface area contributed by atoms with E-state index in [1.54, 1.807) is 7.11 Å². The zero-order valence-electron chi connectivity index (χ0n) is 17.2. The van der Waals surface area contributed by atoms with Gasteiger partial charge in [0.25, 0.3) is 5.91 Å². The molecule has 3 aromatic rings. The predicted octanol–water partition coefficient (Wildman–Crippen LogP) is 3.76. The number of nitrogens with one attached hydrogen (secondary N) is 1. The zero-order chi connectivity index (χ0) is 20.5. The number of methoxy groups -OCH3 is 1. The average Bonchev–Trinajstić information content (AvgIpc) is 3.24. The fraction of sp³-hybridized carbons (Fsp3) is 0.348. The highest BCUT2D eigenvalue weighted by Crippen LogP contribution is 2.35. The smallest absolute Gasteiger partial charge is 0.287 e. The van der Waals surface area contributed by atoms with Crippen molar-refractivity contribution in [3.8, 4) is 11.5 Å². The minimum absolute atomic E-state index is 0.156. The highest BCUT2D eigenvalue weighted by molar-refractivity contribution is 5.99. The van der Waals surface area contributed by atoms with Gasteiger partial charge in [-0.2, -0.15) is 0 Å². The van der Waals surface area contributed by atoms with Gasteiger partial charge >= 0.3 is 0 Å². The molecule has 0 aliphatic carbocycles. The van der Waals surface area contributed by atoms with E-state index in [9.17, 15) is 4.79 Å². The number of nitrogens with zero attached hydrogens (tertiary/aromatic N) is 1. The lowest BCUT2D eigenvalue weighted by molar-refractivity contribution is 0.0922. The Morgan fingerprint density at radius 2 is 2.07 bits per heavy atom. The monoisotopic (exact) mass is 394 g/mol. The molecule has 1 amide bonds. The Morgan fingerprint density at radius 3 is 2.83 bits per heavy atom. The van der Waals surface area contributed by atoms with Crippen LogP contribution in [0.2, 0.25) is 0 Å². The van der Waals surface area contributed by atoms with Crippen LogP contribution in [0, 0.1) is 0 Å². The lowest BCUT2D eigenvalue weighted by atomic mass is 10.1. The molecule has 0 radical (unpaired) electrons. The Labute approximate surface area is 170 Å². The average molecular weight is 394 g/mol. The van der Waals surface area contributed by atoms with Gasteiger partial charge in [-0.05, 0) is 39.2 Å². The number of fused-ring (bicyclic) bond motifs is 2. The van der Waals surface area contributed by atoms with Crippen molar-refractivity contribution in [3.63, 3.8) is 0 Å². The molecule has 1 N–H and O–H groups in total. The quantitative estimate of drug-likeness (QED) is 0.690. The van der Waals surface area contributed by atoms with Crippen molar-refractivity contribution in [2.24, 2.45) is 0 Å². The number of hydrogen-bond donors (Lipinski definition) is 1. The Balaban J connectivity index is 1.59. The molecule has 2 heterocycles. The minimum Gasteiger partial charge on any atom is -0.496 e. The standard InChI is InChI=1S/C23H26N2O4/c1-14-9-15-10-20(27-4)16(11-21(15)28-14)12-24-23(26)22-18(13-25(2)3)17-7-5-6-8-19(17)29-22/h5-8,10-11,14H,9,12-13H2,1-4H3,(H,24,26). The van der Waals surface area contributed by atoms with E-state index in [4.69, 9.17) is 13.9 Å². The van der Waals surface area contributed by atoms with Crippen LogP contribution < -0.4 is 14.8 Å². The van der Waals surface area contributed by atoms with Crippen LogP contribution in [0.15, 0.2) is 40.8 Å². The molecule has 0 spiro atoms. The molecule has 152 valence electrons. The predicted molar refractivity (Wildman–Crippen MR) is 112 cm³/mol. The first kappa shape index (κ1) is 19.3. The van der Waals surface area contributed by atoms with Gasteiger partial charge in [0.1, 0.15) is 23.2 Å². The van der Waals surface area contributed by atoms with E-state index in [2.05, 4.69) is 5.32 Å². The largest absolute Gasteiger partial charge is 0.496 e. The first-order valence-electron chi connectivity index (χ1n) is 9.76. The zero-order valence-corrected chi connectivity index (χ0v) is 17.2. The van der Waals surface area contributed by atoms with E-state index in [0.29, 0.717) is 24.4 Å². The van der Waals surface area contributed by atoms with Crippen LogP contribution in [-0.2, 0) is 19.5 Å². The molecule has 0 fully saturated rings. The Morgan fingerprint density at radius 1 is 1.28 bits per heavy atom. The van der Waals surface area contributed by atoms with Gasteiger partial charge in [-0.3, -0.25) is 4.79 Å². The maximum absolute atomic E-state index is 13.0. The van der Waals surface area contributed by atoms with Gasteiger partial charge < -0.3 is 24.1 Å². The molecule has 0 bridgehead atoms.